The molecule has 5 heteroatoms. The van der Waals surface area contributed by atoms with Crippen LogP contribution >= 0.6 is 0 Å². The van der Waals surface area contributed by atoms with Crippen molar-refractivity contribution >= 4 is 0 Å². The van der Waals surface area contributed by atoms with Crippen molar-refractivity contribution in [1.82, 2.24) is 0 Å². The molecule has 5 nitrogen and oxygen atoms in total. The molecule has 0 atom stereocenters. The third-order valence-electron chi connectivity index (χ3n) is 1.46. The van der Waals surface area contributed by atoms with E-state index in [1.165, 1.54) is 0 Å². The molecular formula is C8H9N3O2. The summed E-state index contributed by atoms with van der Waals surface area (Å²) in [5.74, 6) is 0.615. The van der Waals surface area contributed by atoms with Gasteiger partial charge in [0.05, 0.1) is 6.61 Å². The van der Waals surface area contributed by atoms with Gasteiger partial charge < -0.3 is 9.84 Å². The first-order valence-corrected chi connectivity index (χ1v) is 3.70. The lowest BCUT2D eigenvalue weighted by Crippen LogP contribution is -1.92. The Kier molecular flexibility index (Phi) is 3.63. The molecule has 0 aliphatic heterocycles. The van der Waals surface area contributed by atoms with Crippen LogP contribution in [-0.2, 0) is 6.61 Å². The van der Waals surface area contributed by atoms with E-state index in [4.69, 9.17) is 15.4 Å². The van der Waals surface area contributed by atoms with Crippen LogP contribution in [0, 0.1) is 0 Å². The van der Waals surface area contributed by atoms with Gasteiger partial charge in [-0.05, 0) is 23.2 Å². The van der Waals surface area contributed by atoms with Gasteiger partial charge in [-0.25, -0.2) is 0 Å². The predicted octanol–water partition coefficient (Wildman–Crippen LogP) is 1.83. The van der Waals surface area contributed by atoms with Crippen molar-refractivity contribution in [3.8, 4) is 5.75 Å². The van der Waals surface area contributed by atoms with Crippen LogP contribution in [-0.4, -0.2) is 11.8 Å². The maximum Gasteiger partial charge on any atom is 0.167 e. The quantitative estimate of drug-likeness (QED) is 0.434. The molecule has 0 saturated heterocycles. The van der Waals surface area contributed by atoms with Crippen LogP contribution in [0.1, 0.15) is 5.56 Å². The first kappa shape index (κ1) is 9.38. The number of benzene rings is 1. The zero-order valence-electron chi connectivity index (χ0n) is 6.92. The van der Waals surface area contributed by atoms with Gasteiger partial charge >= 0.3 is 0 Å². The first-order chi connectivity index (χ1) is 6.36. The number of rotatable bonds is 4. The van der Waals surface area contributed by atoms with E-state index >= 15 is 0 Å². The van der Waals surface area contributed by atoms with Gasteiger partial charge in [-0.3, -0.25) is 0 Å². The fourth-order valence-electron chi connectivity index (χ4n) is 0.820. The average molecular weight is 179 g/mol. The Morgan fingerprint density at radius 1 is 1.38 bits per heavy atom. The third-order valence-corrected chi connectivity index (χ3v) is 1.46. The van der Waals surface area contributed by atoms with E-state index in [1.807, 2.05) is 0 Å². The third kappa shape index (κ3) is 3.02. The van der Waals surface area contributed by atoms with Gasteiger partial charge in [-0.15, -0.1) is 0 Å². The number of aliphatic hydroxyl groups is 1. The Bertz CT molecular complexity index is 304. The zero-order chi connectivity index (χ0) is 9.52. The van der Waals surface area contributed by atoms with E-state index < -0.39 is 0 Å². The van der Waals surface area contributed by atoms with Gasteiger partial charge in [0, 0.05) is 4.91 Å². The van der Waals surface area contributed by atoms with Gasteiger partial charge in [-0.1, -0.05) is 17.2 Å². The summed E-state index contributed by atoms with van der Waals surface area (Å²) < 4.78 is 5.04. The summed E-state index contributed by atoms with van der Waals surface area (Å²) in [6.07, 6.45) is 0. The van der Waals surface area contributed by atoms with Crippen LogP contribution in [0.25, 0.3) is 10.4 Å². The Balaban J connectivity index is 2.53. The fraction of sp³-hybridized carbons (Fsp3) is 0.250. The summed E-state index contributed by atoms with van der Waals surface area (Å²) in [5, 5.41) is 12.0. The second kappa shape index (κ2) is 5.03. The number of aliphatic hydroxyl groups excluding tert-OH is 1. The van der Waals surface area contributed by atoms with Crippen LogP contribution in [0.4, 0.5) is 0 Å². The molecule has 1 N–H and O–H groups in total. The highest BCUT2D eigenvalue weighted by molar-refractivity contribution is 5.26. The van der Waals surface area contributed by atoms with Crippen molar-refractivity contribution in [2.24, 2.45) is 5.11 Å². The molecule has 0 amide bonds. The maximum atomic E-state index is 8.74. The lowest BCUT2D eigenvalue weighted by Gasteiger charge is -2.02. The highest BCUT2D eigenvalue weighted by Crippen LogP contribution is 2.11. The molecular weight excluding hydrogens is 170 g/mol. The molecule has 68 valence electrons. The van der Waals surface area contributed by atoms with Gasteiger partial charge in [0.25, 0.3) is 0 Å². The summed E-state index contributed by atoms with van der Waals surface area (Å²) in [7, 11) is 0. The highest BCUT2D eigenvalue weighted by Gasteiger charge is 1.92. The molecule has 13 heavy (non-hydrogen) atoms. The average Bonchev–Trinajstić information content (AvgIpc) is 2.19. The van der Waals surface area contributed by atoms with Gasteiger partial charge in [0.1, 0.15) is 5.75 Å². The molecule has 0 spiro atoms. The van der Waals surface area contributed by atoms with E-state index in [2.05, 4.69) is 10.0 Å². The zero-order valence-corrected chi connectivity index (χ0v) is 6.92. The molecule has 0 aliphatic rings. The van der Waals surface area contributed by atoms with Crippen molar-refractivity contribution in [2.45, 2.75) is 6.61 Å². The minimum atomic E-state index is -0.0189. The van der Waals surface area contributed by atoms with Crippen LogP contribution in [0.15, 0.2) is 29.4 Å². The normalized spacial score (nSPS) is 9.00. The molecule has 1 aromatic carbocycles. The predicted molar refractivity (Wildman–Crippen MR) is 47.0 cm³/mol. The lowest BCUT2D eigenvalue weighted by molar-refractivity contribution is 0.281. The molecule has 0 heterocycles. The highest BCUT2D eigenvalue weighted by atomic mass is 16.5. The molecule has 0 fully saturated rings. The smallest absolute Gasteiger partial charge is 0.167 e. The number of hydrogen-bond acceptors (Lipinski definition) is 3. The summed E-state index contributed by atoms with van der Waals surface area (Å²) in [4.78, 5) is 2.54. The van der Waals surface area contributed by atoms with Crippen LogP contribution in [0.2, 0.25) is 0 Å². The summed E-state index contributed by atoms with van der Waals surface area (Å²) in [6.45, 7) is -0.00833. The monoisotopic (exact) mass is 179 g/mol. The molecule has 0 saturated carbocycles. The summed E-state index contributed by atoms with van der Waals surface area (Å²) in [6, 6.07) is 6.90. The topological polar surface area (TPSA) is 78.2 Å². The molecule has 0 unspecified atom stereocenters. The van der Waals surface area contributed by atoms with E-state index in [9.17, 15) is 0 Å². The van der Waals surface area contributed by atoms with Gasteiger partial charge in [0.15, 0.2) is 6.73 Å². The second-order valence-electron chi connectivity index (χ2n) is 2.31. The molecule has 0 aliphatic carbocycles. The number of hydrogen-bond donors (Lipinski definition) is 1. The lowest BCUT2D eigenvalue weighted by atomic mass is 10.2. The Labute approximate surface area is 75.2 Å². The number of azide groups is 1. The van der Waals surface area contributed by atoms with Crippen molar-refractivity contribution in [3.05, 3.63) is 40.3 Å². The van der Waals surface area contributed by atoms with Crippen molar-refractivity contribution < 1.29 is 9.84 Å². The minimum Gasteiger partial charge on any atom is -0.488 e. The Morgan fingerprint density at radius 3 is 2.62 bits per heavy atom. The van der Waals surface area contributed by atoms with Crippen LogP contribution in [0.5, 0.6) is 5.75 Å². The number of nitrogens with zero attached hydrogens (tertiary/aromatic N) is 3. The SMILES string of the molecule is [N-]=[N+]=NCOc1ccc(CO)cc1. The molecule has 1 rings (SSSR count). The molecule has 1 aromatic rings. The molecule has 0 radical (unpaired) electrons. The van der Waals surface area contributed by atoms with Crippen LogP contribution in [0.3, 0.4) is 0 Å². The molecule has 0 bridgehead atoms. The Morgan fingerprint density at radius 2 is 2.08 bits per heavy atom. The fourth-order valence-corrected chi connectivity index (χ4v) is 0.820. The van der Waals surface area contributed by atoms with Gasteiger partial charge in [0.2, 0.25) is 0 Å². The minimum absolute atomic E-state index is 0.0105. The van der Waals surface area contributed by atoms with Crippen LogP contribution < -0.4 is 4.74 Å². The van der Waals surface area contributed by atoms with E-state index in [-0.39, 0.29) is 13.3 Å². The van der Waals surface area contributed by atoms with Crippen molar-refractivity contribution in [3.63, 3.8) is 0 Å². The Hall–Kier alpha value is -1.71. The van der Waals surface area contributed by atoms with Crippen molar-refractivity contribution in [1.29, 1.82) is 0 Å². The second-order valence-corrected chi connectivity index (χ2v) is 2.31. The summed E-state index contributed by atoms with van der Waals surface area (Å²) in [5.41, 5.74) is 8.79. The first-order valence-electron chi connectivity index (χ1n) is 3.70. The largest absolute Gasteiger partial charge is 0.488 e. The van der Waals surface area contributed by atoms with E-state index in [1.54, 1.807) is 24.3 Å². The summed E-state index contributed by atoms with van der Waals surface area (Å²) >= 11 is 0. The standard InChI is InChI=1S/C8H9N3O2/c9-11-10-6-13-8-3-1-7(5-12)2-4-8/h1-4,12H,5-6H2. The van der Waals surface area contributed by atoms with E-state index in [0.717, 1.165) is 5.56 Å². The maximum absolute atomic E-state index is 8.74. The number of ether oxygens (including phenoxy) is 1. The van der Waals surface area contributed by atoms with E-state index in [0.29, 0.717) is 5.75 Å². The molecule has 0 aromatic heterocycles. The van der Waals surface area contributed by atoms with Gasteiger partial charge in [-0.2, -0.15) is 0 Å². The van der Waals surface area contributed by atoms with Crippen molar-refractivity contribution in [2.75, 3.05) is 6.73 Å².